The molecule has 0 fully saturated rings. The standard InChI is InChI=1S/C14H14ClNO2S/c1-9-16-14(13(19-9)4-5-15)10-2-3-11-12(8-10)18-7-6-17-11/h2-3,8H,4-7H2,1H3. The van der Waals surface area contributed by atoms with Crippen LogP contribution in [0.2, 0.25) is 0 Å². The van der Waals surface area contributed by atoms with E-state index in [1.807, 2.05) is 25.1 Å². The highest BCUT2D eigenvalue weighted by Gasteiger charge is 2.16. The lowest BCUT2D eigenvalue weighted by molar-refractivity contribution is 0.171. The van der Waals surface area contributed by atoms with Crippen molar-refractivity contribution in [3.63, 3.8) is 0 Å². The second-order valence-electron chi connectivity index (χ2n) is 4.30. The van der Waals surface area contributed by atoms with Crippen molar-refractivity contribution in [2.75, 3.05) is 19.1 Å². The zero-order chi connectivity index (χ0) is 13.2. The summed E-state index contributed by atoms with van der Waals surface area (Å²) in [5.74, 6) is 2.21. The van der Waals surface area contributed by atoms with Crippen LogP contribution in [-0.4, -0.2) is 24.1 Å². The monoisotopic (exact) mass is 295 g/mol. The van der Waals surface area contributed by atoms with Crippen LogP contribution in [0, 0.1) is 6.92 Å². The van der Waals surface area contributed by atoms with Crippen LogP contribution in [0.25, 0.3) is 11.3 Å². The van der Waals surface area contributed by atoms with Gasteiger partial charge in [-0.1, -0.05) is 0 Å². The van der Waals surface area contributed by atoms with Crippen molar-refractivity contribution in [1.82, 2.24) is 4.98 Å². The molecule has 0 saturated carbocycles. The average molecular weight is 296 g/mol. The number of rotatable bonds is 3. The Morgan fingerprint density at radius 1 is 1.26 bits per heavy atom. The second kappa shape index (κ2) is 5.39. The Kier molecular flexibility index (Phi) is 3.62. The summed E-state index contributed by atoms with van der Waals surface area (Å²) in [5, 5.41) is 1.06. The van der Waals surface area contributed by atoms with Gasteiger partial charge in [-0.15, -0.1) is 22.9 Å². The quantitative estimate of drug-likeness (QED) is 0.810. The zero-order valence-electron chi connectivity index (χ0n) is 10.6. The molecule has 1 aliphatic rings. The van der Waals surface area contributed by atoms with E-state index in [2.05, 4.69) is 4.98 Å². The lowest BCUT2D eigenvalue weighted by Crippen LogP contribution is -2.15. The predicted octanol–water partition coefficient (Wildman–Crippen LogP) is 3.67. The first-order chi connectivity index (χ1) is 9.28. The highest BCUT2D eigenvalue weighted by molar-refractivity contribution is 7.12. The van der Waals surface area contributed by atoms with Gasteiger partial charge in [-0.2, -0.15) is 0 Å². The van der Waals surface area contributed by atoms with Crippen LogP contribution >= 0.6 is 22.9 Å². The van der Waals surface area contributed by atoms with E-state index in [1.54, 1.807) is 11.3 Å². The van der Waals surface area contributed by atoms with Gasteiger partial charge in [-0.3, -0.25) is 0 Å². The Bertz CT molecular complexity index is 597. The average Bonchev–Trinajstić information content (AvgIpc) is 2.80. The molecule has 0 saturated heterocycles. The molecule has 1 aliphatic heterocycles. The van der Waals surface area contributed by atoms with Crippen LogP contribution in [0.4, 0.5) is 0 Å². The van der Waals surface area contributed by atoms with Crippen LogP contribution in [0.3, 0.4) is 0 Å². The molecule has 0 radical (unpaired) electrons. The molecule has 2 heterocycles. The van der Waals surface area contributed by atoms with E-state index < -0.39 is 0 Å². The minimum atomic E-state index is 0.598. The molecule has 0 atom stereocenters. The topological polar surface area (TPSA) is 31.4 Å². The highest BCUT2D eigenvalue weighted by atomic mass is 35.5. The summed E-state index contributed by atoms with van der Waals surface area (Å²) in [4.78, 5) is 5.84. The van der Waals surface area contributed by atoms with Crippen molar-refractivity contribution < 1.29 is 9.47 Å². The van der Waals surface area contributed by atoms with Gasteiger partial charge >= 0.3 is 0 Å². The third-order valence-corrected chi connectivity index (χ3v) is 4.16. The summed E-state index contributed by atoms with van der Waals surface area (Å²) in [7, 11) is 0. The van der Waals surface area contributed by atoms with E-state index in [0.717, 1.165) is 34.2 Å². The lowest BCUT2D eigenvalue weighted by Gasteiger charge is -2.18. The van der Waals surface area contributed by atoms with E-state index in [4.69, 9.17) is 21.1 Å². The maximum Gasteiger partial charge on any atom is 0.162 e. The number of fused-ring (bicyclic) bond motifs is 1. The molecule has 1 aromatic carbocycles. The molecule has 0 aliphatic carbocycles. The summed E-state index contributed by atoms with van der Waals surface area (Å²) >= 11 is 7.56. The molecule has 1 aromatic heterocycles. The molecule has 0 bridgehead atoms. The molecule has 2 aromatic rings. The van der Waals surface area contributed by atoms with Gasteiger partial charge < -0.3 is 9.47 Å². The molecule has 3 rings (SSSR count). The minimum absolute atomic E-state index is 0.598. The van der Waals surface area contributed by atoms with Crippen LogP contribution in [0.1, 0.15) is 9.88 Å². The molecule has 5 heteroatoms. The Balaban J connectivity index is 2.01. The predicted molar refractivity (Wildman–Crippen MR) is 77.7 cm³/mol. The van der Waals surface area contributed by atoms with Crippen molar-refractivity contribution in [2.45, 2.75) is 13.3 Å². The Hall–Kier alpha value is -1.26. The van der Waals surface area contributed by atoms with E-state index in [-0.39, 0.29) is 0 Å². The van der Waals surface area contributed by atoms with Crippen molar-refractivity contribution in [3.05, 3.63) is 28.1 Å². The summed E-state index contributed by atoms with van der Waals surface area (Å²) in [6.45, 7) is 3.23. The van der Waals surface area contributed by atoms with Gasteiger partial charge in [0.05, 0.1) is 10.7 Å². The van der Waals surface area contributed by atoms with E-state index in [1.165, 1.54) is 4.88 Å². The number of thiazole rings is 1. The SMILES string of the molecule is Cc1nc(-c2ccc3c(c2)OCCO3)c(CCCl)s1. The van der Waals surface area contributed by atoms with Crippen LogP contribution in [0.15, 0.2) is 18.2 Å². The fourth-order valence-electron chi connectivity index (χ4n) is 2.14. The summed E-state index contributed by atoms with van der Waals surface area (Å²) in [5.41, 5.74) is 2.08. The van der Waals surface area contributed by atoms with Crippen LogP contribution in [0.5, 0.6) is 11.5 Å². The van der Waals surface area contributed by atoms with Crippen LogP contribution in [-0.2, 0) is 6.42 Å². The number of benzene rings is 1. The first kappa shape index (κ1) is 12.8. The molecule has 100 valence electrons. The number of halogens is 1. The molecule has 0 amide bonds. The van der Waals surface area contributed by atoms with E-state index >= 15 is 0 Å². The molecular weight excluding hydrogens is 282 g/mol. The first-order valence-corrected chi connectivity index (χ1v) is 7.55. The van der Waals surface area contributed by atoms with Crippen LogP contribution < -0.4 is 9.47 Å². The number of nitrogens with zero attached hydrogens (tertiary/aromatic N) is 1. The fraction of sp³-hybridized carbons (Fsp3) is 0.357. The minimum Gasteiger partial charge on any atom is -0.486 e. The maximum absolute atomic E-state index is 5.85. The van der Waals surface area contributed by atoms with Gasteiger partial charge in [0.2, 0.25) is 0 Å². The number of hydrogen-bond donors (Lipinski definition) is 0. The van der Waals surface area contributed by atoms with Gasteiger partial charge in [-0.05, 0) is 31.5 Å². The normalized spacial score (nSPS) is 13.6. The smallest absolute Gasteiger partial charge is 0.162 e. The third kappa shape index (κ3) is 2.55. The van der Waals surface area contributed by atoms with E-state index in [9.17, 15) is 0 Å². The first-order valence-electron chi connectivity index (χ1n) is 6.20. The van der Waals surface area contributed by atoms with Gasteiger partial charge in [0.15, 0.2) is 11.5 Å². The number of aromatic nitrogens is 1. The molecular formula is C14H14ClNO2S. The Labute approximate surface area is 121 Å². The highest BCUT2D eigenvalue weighted by Crippen LogP contribution is 2.36. The van der Waals surface area contributed by atoms with Gasteiger partial charge in [0.1, 0.15) is 13.2 Å². The molecule has 0 spiro atoms. The maximum atomic E-state index is 5.85. The second-order valence-corrected chi connectivity index (χ2v) is 5.97. The summed E-state index contributed by atoms with van der Waals surface area (Å²) in [6, 6.07) is 5.98. The lowest BCUT2D eigenvalue weighted by atomic mass is 10.1. The van der Waals surface area contributed by atoms with Crippen molar-refractivity contribution in [2.24, 2.45) is 0 Å². The number of ether oxygens (including phenoxy) is 2. The molecule has 19 heavy (non-hydrogen) atoms. The molecule has 3 nitrogen and oxygen atoms in total. The van der Waals surface area contributed by atoms with Gasteiger partial charge in [0.25, 0.3) is 0 Å². The number of hydrogen-bond acceptors (Lipinski definition) is 4. The third-order valence-electron chi connectivity index (χ3n) is 2.94. The Morgan fingerprint density at radius 2 is 2.05 bits per heavy atom. The fourth-order valence-corrected chi connectivity index (χ4v) is 3.40. The van der Waals surface area contributed by atoms with Gasteiger partial charge in [0, 0.05) is 16.3 Å². The summed E-state index contributed by atoms with van der Waals surface area (Å²) < 4.78 is 11.2. The van der Waals surface area contributed by atoms with E-state index in [0.29, 0.717) is 19.1 Å². The number of aryl methyl sites for hydroxylation is 2. The largest absolute Gasteiger partial charge is 0.486 e. The van der Waals surface area contributed by atoms with Gasteiger partial charge in [-0.25, -0.2) is 4.98 Å². The van der Waals surface area contributed by atoms with Crippen molar-refractivity contribution in [1.29, 1.82) is 0 Å². The number of alkyl halides is 1. The Morgan fingerprint density at radius 3 is 2.84 bits per heavy atom. The van der Waals surface area contributed by atoms with Crippen molar-refractivity contribution in [3.8, 4) is 22.8 Å². The summed E-state index contributed by atoms with van der Waals surface area (Å²) in [6.07, 6.45) is 0.844. The molecule has 0 unspecified atom stereocenters. The van der Waals surface area contributed by atoms with Crippen molar-refractivity contribution >= 4 is 22.9 Å². The molecule has 0 N–H and O–H groups in total. The zero-order valence-corrected chi connectivity index (χ0v) is 12.2.